The Labute approximate surface area is 294 Å². The first-order chi connectivity index (χ1) is 21.7. The summed E-state index contributed by atoms with van der Waals surface area (Å²) in [6.07, 6.45) is 4.43. The summed E-state index contributed by atoms with van der Waals surface area (Å²) in [5.41, 5.74) is 6.85. The standard InChI is InChI=1S/C41H72O3Si3/c1-28(2)45(29(3)4,30(5)6)42-39-23-21-37(22-24-39)19-20-38-25-40(43-46(31(7)8,32(9)10)33(11)12)27-41(26-38)44-47(34(13)14,35(15)16)36(17)18/h19-36H,1-18H3/b20-19+. The van der Waals surface area contributed by atoms with Gasteiger partial charge in [0.25, 0.3) is 25.0 Å². The van der Waals surface area contributed by atoms with Gasteiger partial charge in [-0.05, 0) is 85.3 Å². The highest BCUT2D eigenvalue weighted by Gasteiger charge is 2.49. The minimum Gasteiger partial charge on any atom is -0.543 e. The molecular weight excluding hydrogens is 625 g/mol. The molecule has 0 N–H and O–H groups in total. The van der Waals surface area contributed by atoms with Crippen molar-refractivity contribution in [2.75, 3.05) is 0 Å². The highest BCUT2D eigenvalue weighted by atomic mass is 28.4. The Morgan fingerprint density at radius 2 is 0.596 bits per heavy atom. The van der Waals surface area contributed by atoms with E-state index in [1.54, 1.807) is 0 Å². The molecule has 2 rings (SSSR count). The largest absolute Gasteiger partial charge is 0.543 e. The zero-order chi connectivity index (χ0) is 36.1. The summed E-state index contributed by atoms with van der Waals surface area (Å²) >= 11 is 0. The molecule has 0 aliphatic heterocycles. The molecule has 0 aliphatic carbocycles. The van der Waals surface area contributed by atoms with Crippen molar-refractivity contribution in [3.8, 4) is 17.2 Å². The van der Waals surface area contributed by atoms with Crippen LogP contribution in [0.15, 0.2) is 42.5 Å². The van der Waals surface area contributed by atoms with Crippen molar-refractivity contribution in [3.63, 3.8) is 0 Å². The smallest absolute Gasteiger partial charge is 0.258 e. The first kappa shape index (κ1) is 41.4. The van der Waals surface area contributed by atoms with Crippen molar-refractivity contribution in [1.82, 2.24) is 0 Å². The second-order valence-corrected chi connectivity index (χ2v) is 33.0. The maximum Gasteiger partial charge on any atom is 0.258 e. The van der Waals surface area contributed by atoms with Crippen molar-refractivity contribution in [2.24, 2.45) is 0 Å². The van der Waals surface area contributed by atoms with Gasteiger partial charge in [0, 0.05) is 6.07 Å². The Morgan fingerprint density at radius 3 is 0.872 bits per heavy atom. The predicted octanol–water partition coefficient (Wildman–Crippen LogP) is 14.5. The predicted molar refractivity (Wildman–Crippen MR) is 217 cm³/mol. The van der Waals surface area contributed by atoms with Crippen molar-refractivity contribution >= 4 is 37.1 Å². The second-order valence-electron chi connectivity index (χ2n) is 16.9. The van der Waals surface area contributed by atoms with E-state index in [9.17, 15) is 0 Å². The molecule has 0 atom stereocenters. The second kappa shape index (κ2) is 16.8. The van der Waals surface area contributed by atoms with Gasteiger partial charge in [-0.1, -0.05) is 149 Å². The van der Waals surface area contributed by atoms with Crippen molar-refractivity contribution in [2.45, 2.75) is 174 Å². The summed E-state index contributed by atoms with van der Waals surface area (Å²) in [5, 5.41) is 0. The molecule has 2 aromatic carbocycles. The molecule has 47 heavy (non-hydrogen) atoms. The third kappa shape index (κ3) is 8.88. The molecule has 0 amide bonds. The maximum atomic E-state index is 7.26. The zero-order valence-electron chi connectivity index (χ0n) is 33.6. The molecule has 0 heterocycles. The van der Waals surface area contributed by atoms with Gasteiger partial charge >= 0.3 is 0 Å². The molecular formula is C41H72O3Si3. The first-order valence-electron chi connectivity index (χ1n) is 18.7. The zero-order valence-corrected chi connectivity index (χ0v) is 36.6. The van der Waals surface area contributed by atoms with Gasteiger partial charge in [0.05, 0.1) is 0 Å². The van der Waals surface area contributed by atoms with Crippen LogP contribution in [-0.2, 0) is 0 Å². The molecule has 0 aromatic heterocycles. The van der Waals surface area contributed by atoms with E-state index in [1.807, 2.05) is 0 Å². The van der Waals surface area contributed by atoms with Crippen LogP contribution in [0, 0.1) is 0 Å². The van der Waals surface area contributed by atoms with Crippen LogP contribution in [0.4, 0.5) is 0 Å². The third-order valence-electron chi connectivity index (χ3n) is 11.3. The number of hydrogen-bond acceptors (Lipinski definition) is 3. The molecule has 3 nitrogen and oxygen atoms in total. The summed E-state index contributed by atoms with van der Waals surface area (Å²) in [5.74, 6) is 2.89. The van der Waals surface area contributed by atoms with Crippen LogP contribution in [0.5, 0.6) is 17.2 Å². The fraction of sp³-hybridized carbons (Fsp3) is 0.659. The van der Waals surface area contributed by atoms with Gasteiger partial charge in [-0.25, -0.2) is 0 Å². The molecule has 0 bridgehead atoms. The van der Waals surface area contributed by atoms with Gasteiger partial charge < -0.3 is 13.3 Å². The first-order valence-corrected chi connectivity index (χ1v) is 25.1. The van der Waals surface area contributed by atoms with Gasteiger partial charge in [0.2, 0.25) is 0 Å². The summed E-state index contributed by atoms with van der Waals surface area (Å²) in [4.78, 5) is 0. The van der Waals surface area contributed by atoms with E-state index in [4.69, 9.17) is 13.3 Å². The Bertz CT molecular complexity index is 1160. The lowest BCUT2D eigenvalue weighted by atomic mass is 10.1. The quantitative estimate of drug-likeness (QED) is 0.122. The Hall–Kier alpha value is -1.77. The summed E-state index contributed by atoms with van der Waals surface area (Å²) < 4.78 is 21.5. The lowest BCUT2D eigenvalue weighted by molar-refractivity contribution is 0.461. The average molecular weight is 697 g/mol. The lowest BCUT2D eigenvalue weighted by Gasteiger charge is -2.43. The summed E-state index contributed by atoms with van der Waals surface area (Å²) in [6, 6.07) is 15.3. The van der Waals surface area contributed by atoms with Gasteiger partial charge in [-0.2, -0.15) is 0 Å². The molecule has 0 saturated carbocycles. The van der Waals surface area contributed by atoms with E-state index >= 15 is 0 Å². The Balaban J connectivity index is 2.62. The molecule has 266 valence electrons. The highest BCUT2D eigenvalue weighted by Crippen LogP contribution is 2.46. The van der Waals surface area contributed by atoms with Crippen LogP contribution in [0.1, 0.15) is 136 Å². The minimum atomic E-state index is -2.15. The molecule has 0 radical (unpaired) electrons. The van der Waals surface area contributed by atoms with Gasteiger partial charge in [-0.15, -0.1) is 0 Å². The monoisotopic (exact) mass is 696 g/mol. The number of hydrogen-bond donors (Lipinski definition) is 0. The van der Waals surface area contributed by atoms with Gasteiger partial charge in [-0.3, -0.25) is 0 Å². The molecule has 0 saturated heterocycles. The van der Waals surface area contributed by atoms with Crippen molar-refractivity contribution in [3.05, 3.63) is 53.6 Å². The molecule has 0 aliphatic rings. The highest BCUT2D eigenvalue weighted by molar-refractivity contribution is 6.79. The molecule has 0 spiro atoms. The number of rotatable bonds is 17. The molecule has 0 unspecified atom stereocenters. The molecule has 0 fully saturated rings. The van der Waals surface area contributed by atoms with E-state index in [-0.39, 0.29) is 0 Å². The summed E-state index contributed by atoms with van der Waals surface area (Å²) in [6.45, 7) is 42.3. The maximum absolute atomic E-state index is 7.26. The Morgan fingerprint density at radius 1 is 0.340 bits per heavy atom. The average Bonchev–Trinajstić information content (AvgIpc) is 2.95. The summed E-state index contributed by atoms with van der Waals surface area (Å²) in [7, 11) is -6.31. The SMILES string of the molecule is CC(C)[Si](Oc1ccc(/C=C/c2cc(O[Si](C(C)C)(C(C)C)C(C)C)cc(O[Si](C(C)C)(C(C)C)C(C)C)c2)cc1)(C(C)C)C(C)C. The van der Waals surface area contributed by atoms with E-state index in [0.29, 0.717) is 49.9 Å². The van der Waals surface area contributed by atoms with E-state index in [2.05, 4.69) is 179 Å². The minimum absolute atomic E-state index is 0.492. The Kier molecular flexibility index (Phi) is 14.8. The topological polar surface area (TPSA) is 27.7 Å². The van der Waals surface area contributed by atoms with Crippen LogP contribution >= 0.6 is 0 Å². The third-order valence-corrected chi connectivity index (χ3v) is 29.3. The van der Waals surface area contributed by atoms with Crippen LogP contribution < -0.4 is 13.3 Å². The van der Waals surface area contributed by atoms with E-state index in [0.717, 1.165) is 28.4 Å². The normalized spacial score (nSPS) is 13.7. The van der Waals surface area contributed by atoms with E-state index < -0.39 is 25.0 Å². The molecule has 6 heteroatoms. The van der Waals surface area contributed by atoms with Gasteiger partial charge in [0.15, 0.2) is 0 Å². The van der Waals surface area contributed by atoms with E-state index in [1.165, 1.54) is 0 Å². The van der Waals surface area contributed by atoms with Crippen LogP contribution in [0.3, 0.4) is 0 Å². The van der Waals surface area contributed by atoms with Crippen molar-refractivity contribution in [1.29, 1.82) is 0 Å². The number of benzene rings is 2. The van der Waals surface area contributed by atoms with Crippen LogP contribution in [-0.4, -0.2) is 25.0 Å². The van der Waals surface area contributed by atoms with Crippen molar-refractivity contribution < 1.29 is 13.3 Å². The lowest BCUT2D eigenvalue weighted by Crippen LogP contribution is -2.51. The van der Waals surface area contributed by atoms with Crippen LogP contribution in [0.25, 0.3) is 12.2 Å². The molecule has 2 aromatic rings. The fourth-order valence-electron chi connectivity index (χ4n) is 9.32. The fourth-order valence-corrected chi connectivity index (χ4v) is 25.0. The van der Waals surface area contributed by atoms with Gasteiger partial charge in [0.1, 0.15) is 17.2 Å². The van der Waals surface area contributed by atoms with Crippen LogP contribution in [0.2, 0.25) is 49.9 Å².